The number of carbonyl (C=O) groups is 2. The molecular formula is C20H21N3O6. The molecule has 0 saturated heterocycles. The van der Waals surface area contributed by atoms with Crippen LogP contribution in [0.4, 0.5) is 5.69 Å². The van der Waals surface area contributed by atoms with Gasteiger partial charge < -0.3 is 24.3 Å². The maximum Gasteiger partial charge on any atom is 0.271 e. The summed E-state index contributed by atoms with van der Waals surface area (Å²) >= 11 is 0. The van der Waals surface area contributed by atoms with Crippen LogP contribution in [0.3, 0.4) is 0 Å². The number of hydrogen-bond acceptors (Lipinski definition) is 7. The second kappa shape index (κ2) is 8.51. The Hall–Kier alpha value is -3.75. The van der Waals surface area contributed by atoms with Crippen LogP contribution in [0.1, 0.15) is 22.8 Å². The van der Waals surface area contributed by atoms with Gasteiger partial charge in [-0.3, -0.25) is 9.59 Å². The Kier molecular flexibility index (Phi) is 5.87. The van der Waals surface area contributed by atoms with E-state index in [2.05, 4.69) is 15.8 Å². The second-order valence-electron chi connectivity index (χ2n) is 6.10. The molecule has 1 aliphatic heterocycles. The van der Waals surface area contributed by atoms with E-state index < -0.39 is 5.91 Å². The number of methoxy groups -OCH3 is 3. The molecule has 0 aliphatic carbocycles. The summed E-state index contributed by atoms with van der Waals surface area (Å²) in [5.74, 6) is 1.04. The van der Waals surface area contributed by atoms with Gasteiger partial charge in [-0.05, 0) is 42.8 Å². The molecule has 0 radical (unpaired) electrons. The third-order valence-corrected chi connectivity index (χ3v) is 4.28. The zero-order valence-corrected chi connectivity index (χ0v) is 16.5. The number of nitrogens with one attached hydrogen (secondary N) is 2. The molecule has 2 amide bonds. The molecule has 29 heavy (non-hydrogen) atoms. The van der Waals surface area contributed by atoms with E-state index in [1.807, 2.05) is 0 Å². The molecule has 0 bridgehead atoms. The molecular weight excluding hydrogens is 378 g/mol. The van der Waals surface area contributed by atoms with Crippen molar-refractivity contribution >= 4 is 23.2 Å². The number of benzene rings is 2. The molecule has 0 saturated carbocycles. The van der Waals surface area contributed by atoms with Gasteiger partial charge >= 0.3 is 0 Å². The molecule has 9 heteroatoms. The quantitative estimate of drug-likeness (QED) is 0.570. The van der Waals surface area contributed by atoms with Crippen LogP contribution in [0.2, 0.25) is 0 Å². The van der Waals surface area contributed by atoms with Crippen molar-refractivity contribution in [3.8, 4) is 23.0 Å². The van der Waals surface area contributed by atoms with Crippen molar-refractivity contribution in [2.75, 3.05) is 33.3 Å². The number of rotatable bonds is 6. The van der Waals surface area contributed by atoms with Gasteiger partial charge in [0.2, 0.25) is 5.75 Å². The highest BCUT2D eigenvalue weighted by atomic mass is 16.5. The van der Waals surface area contributed by atoms with Crippen molar-refractivity contribution in [2.24, 2.45) is 5.10 Å². The summed E-state index contributed by atoms with van der Waals surface area (Å²) in [6.45, 7) is 1.73. The first-order valence-corrected chi connectivity index (χ1v) is 8.68. The van der Waals surface area contributed by atoms with E-state index in [1.165, 1.54) is 33.5 Å². The molecule has 0 aromatic heterocycles. The first-order chi connectivity index (χ1) is 14.0. The minimum atomic E-state index is -0.446. The lowest BCUT2D eigenvalue weighted by Crippen LogP contribution is -2.25. The van der Waals surface area contributed by atoms with Crippen LogP contribution < -0.4 is 29.7 Å². The minimum absolute atomic E-state index is 0.00966. The molecule has 2 aromatic rings. The fourth-order valence-electron chi connectivity index (χ4n) is 2.78. The van der Waals surface area contributed by atoms with E-state index in [0.29, 0.717) is 40.0 Å². The summed E-state index contributed by atoms with van der Waals surface area (Å²) in [6, 6.07) is 8.34. The van der Waals surface area contributed by atoms with E-state index in [1.54, 1.807) is 25.1 Å². The van der Waals surface area contributed by atoms with Gasteiger partial charge in [0.15, 0.2) is 18.1 Å². The summed E-state index contributed by atoms with van der Waals surface area (Å²) in [4.78, 5) is 24.0. The molecule has 152 valence electrons. The fraction of sp³-hybridized carbons (Fsp3) is 0.250. The Morgan fingerprint density at radius 3 is 2.38 bits per heavy atom. The van der Waals surface area contributed by atoms with Gasteiger partial charge in [-0.15, -0.1) is 0 Å². The van der Waals surface area contributed by atoms with Crippen LogP contribution in [-0.2, 0) is 4.79 Å². The molecule has 1 aliphatic rings. The Bertz CT molecular complexity index is 961. The SMILES string of the molecule is COc1cc(C(=O)N/N=C(/C)c2ccc3c(c2)NC(=O)CO3)cc(OC)c1OC. The Morgan fingerprint density at radius 2 is 1.76 bits per heavy atom. The lowest BCUT2D eigenvalue weighted by Gasteiger charge is -2.18. The molecule has 3 rings (SSSR count). The predicted octanol–water partition coefficient (Wildman–Crippen LogP) is 2.20. The van der Waals surface area contributed by atoms with E-state index in [9.17, 15) is 9.59 Å². The van der Waals surface area contributed by atoms with Crippen molar-refractivity contribution in [1.82, 2.24) is 5.43 Å². The predicted molar refractivity (Wildman–Crippen MR) is 106 cm³/mol. The van der Waals surface area contributed by atoms with Crippen molar-refractivity contribution in [1.29, 1.82) is 0 Å². The van der Waals surface area contributed by atoms with E-state index >= 15 is 0 Å². The van der Waals surface area contributed by atoms with E-state index in [4.69, 9.17) is 18.9 Å². The topological polar surface area (TPSA) is 107 Å². The lowest BCUT2D eigenvalue weighted by molar-refractivity contribution is -0.118. The monoisotopic (exact) mass is 399 g/mol. The Morgan fingerprint density at radius 1 is 1.07 bits per heavy atom. The molecule has 2 N–H and O–H groups in total. The standard InChI is InChI=1S/C20H21N3O6/c1-11(12-5-6-15-14(7-12)21-18(24)10-29-15)22-23-20(25)13-8-16(26-2)19(28-4)17(9-13)27-3/h5-9H,10H2,1-4H3,(H,21,24)(H,23,25)/b22-11-. The van der Waals surface area contributed by atoms with Crippen LogP contribution in [0.15, 0.2) is 35.4 Å². The molecule has 0 atom stereocenters. The van der Waals surface area contributed by atoms with Gasteiger partial charge in [0.05, 0.1) is 32.7 Å². The molecule has 9 nitrogen and oxygen atoms in total. The third kappa shape index (κ3) is 4.23. The normalized spacial score (nSPS) is 13.0. The maximum absolute atomic E-state index is 12.5. The summed E-state index contributed by atoms with van der Waals surface area (Å²) in [7, 11) is 4.43. The number of ether oxygens (including phenoxy) is 4. The molecule has 0 spiro atoms. The number of hydrazone groups is 1. The number of carbonyl (C=O) groups excluding carboxylic acids is 2. The summed E-state index contributed by atoms with van der Waals surface area (Å²) in [5, 5.41) is 6.88. The largest absolute Gasteiger partial charge is 0.493 e. The molecule has 0 unspecified atom stereocenters. The summed E-state index contributed by atoms with van der Waals surface area (Å²) in [6.07, 6.45) is 0. The Balaban J connectivity index is 1.80. The maximum atomic E-state index is 12.5. The van der Waals surface area contributed by atoms with Crippen LogP contribution in [-0.4, -0.2) is 45.5 Å². The fourth-order valence-corrected chi connectivity index (χ4v) is 2.78. The molecule has 2 aromatic carbocycles. The van der Waals surface area contributed by atoms with Gasteiger partial charge in [0.25, 0.3) is 11.8 Å². The van der Waals surface area contributed by atoms with Gasteiger partial charge in [-0.2, -0.15) is 5.10 Å². The lowest BCUT2D eigenvalue weighted by atomic mass is 10.1. The number of nitrogens with zero attached hydrogens (tertiary/aromatic N) is 1. The van der Waals surface area contributed by atoms with Crippen LogP contribution in [0.25, 0.3) is 0 Å². The van der Waals surface area contributed by atoms with Gasteiger partial charge in [-0.1, -0.05) is 0 Å². The first kappa shape index (κ1) is 20.0. The summed E-state index contributed by atoms with van der Waals surface area (Å²) < 4.78 is 21.1. The van der Waals surface area contributed by atoms with Crippen molar-refractivity contribution in [3.63, 3.8) is 0 Å². The first-order valence-electron chi connectivity index (χ1n) is 8.68. The summed E-state index contributed by atoms with van der Waals surface area (Å²) in [5.41, 5.74) is 4.63. The zero-order valence-electron chi connectivity index (χ0n) is 16.5. The highest BCUT2D eigenvalue weighted by Gasteiger charge is 2.18. The van der Waals surface area contributed by atoms with Crippen molar-refractivity contribution in [3.05, 3.63) is 41.5 Å². The highest BCUT2D eigenvalue weighted by Crippen LogP contribution is 2.38. The van der Waals surface area contributed by atoms with Gasteiger partial charge in [0, 0.05) is 5.56 Å². The third-order valence-electron chi connectivity index (χ3n) is 4.28. The number of amides is 2. The van der Waals surface area contributed by atoms with E-state index in [-0.39, 0.29) is 12.5 Å². The molecule has 1 heterocycles. The number of fused-ring (bicyclic) bond motifs is 1. The van der Waals surface area contributed by atoms with Crippen molar-refractivity contribution < 1.29 is 28.5 Å². The minimum Gasteiger partial charge on any atom is -0.493 e. The number of hydrogen-bond donors (Lipinski definition) is 2. The highest BCUT2D eigenvalue weighted by molar-refractivity contribution is 6.03. The number of anilines is 1. The molecule has 0 fully saturated rings. The van der Waals surface area contributed by atoms with Crippen LogP contribution in [0.5, 0.6) is 23.0 Å². The van der Waals surface area contributed by atoms with E-state index in [0.717, 1.165) is 5.56 Å². The zero-order chi connectivity index (χ0) is 21.0. The second-order valence-corrected chi connectivity index (χ2v) is 6.10. The van der Waals surface area contributed by atoms with Crippen LogP contribution >= 0.6 is 0 Å². The smallest absolute Gasteiger partial charge is 0.271 e. The van der Waals surface area contributed by atoms with Crippen molar-refractivity contribution in [2.45, 2.75) is 6.92 Å². The average Bonchev–Trinajstić information content (AvgIpc) is 2.75. The Labute approximate surface area is 167 Å². The van der Waals surface area contributed by atoms with Gasteiger partial charge in [-0.25, -0.2) is 5.43 Å². The van der Waals surface area contributed by atoms with Crippen LogP contribution in [0, 0.1) is 0 Å². The van der Waals surface area contributed by atoms with Gasteiger partial charge in [0.1, 0.15) is 5.75 Å². The average molecular weight is 399 g/mol.